The number of nitrogens with zero attached hydrogens (tertiary/aromatic N) is 2. The van der Waals surface area contributed by atoms with Gasteiger partial charge in [-0.25, -0.2) is 4.79 Å². The van der Waals surface area contributed by atoms with Crippen molar-refractivity contribution in [2.24, 2.45) is 0 Å². The van der Waals surface area contributed by atoms with Crippen LogP contribution in [-0.4, -0.2) is 21.2 Å². The second kappa shape index (κ2) is 3.94. The Labute approximate surface area is 95.7 Å². The molecule has 0 radical (unpaired) electrons. The molecule has 0 spiro atoms. The first kappa shape index (κ1) is 10.6. The summed E-state index contributed by atoms with van der Waals surface area (Å²) in [5.74, 6) is -1.44. The molecule has 0 amide bonds. The first-order valence-corrected chi connectivity index (χ1v) is 4.79. The highest BCUT2D eigenvalue weighted by Gasteiger charge is 2.15. The van der Waals surface area contributed by atoms with Crippen molar-refractivity contribution in [3.8, 4) is 11.5 Å². The molecule has 2 rings (SSSR count). The summed E-state index contributed by atoms with van der Waals surface area (Å²) in [6.07, 6.45) is 0. The van der Waals surface area contributed by atoms with Crippen LogP contribution in [0.4, 0.5) is 0 Å². The van der Waals surface area contributed by atoms with Gasteiger partial charge in [0.15, 0.2) is 0 Å². The van der Waals surface area contributed by atoms with Crippen LogP contribution in [0.1, 0.15) is 16.2 Å². The van der Waals surface area contributed by atoms with E-state index >= 15 is 0 Å². The van der Waals surface area contributed by atoms with Crippen molar-refractivity contribution >= 4 is 17.6 Å². The molecule has 5 nitrogen and oxygen atoms in total. The second-order valence-electron chi connectivity index (χ2n) is 3.19. The minimum absolute atomic E-state index is 0.150. The van der Waals surface area contributed by atoms with Gasteiger partial charge in [-0.05, 0) is 29.8 Å². The van der Waals surface area contributed by atoms with Crippen molar-refractivity contribution in [2.45, 2.75) is 6.92 Å². The van der Waals surface area contributed by atoms with Gasteiger partial charge < -0.3 is 9.63 Å². The van der Waals surface area contributed by atoms with Crippen molar-refractivity contribution in [3.05, 3.63) is 34.6 Å². The minimum Gasteiger partial charge on any atom is -0.475 e. The van der Waals surface area contributed by atoms with Gasteiger partial charge in [0.05, 0.1) is 0 Å². The quantitative estimate of drug-likeness (QED) is 0.869. The Morgan fingerprint density at radius 2 is 2.25 bits per heavy atom. The molecule has 1 aromatic heterocycles. The number of aryl methyl sites for hydroxylation is 1. The molecule has 0 unspecified atom stereocenters. The van der Waals surface area contributed by atoms with Crippen LogP contribution < -0.4 is 0 Å². The number of benzene rings is 1. The molecule has 0 aliphatic heterocycles. The van der Waals surface area contributed by atoms with Crippen molar-refractivity contribution in [1.29, 1.82) is 0 Å². The molecular weight excluding hydrogens is 232 g/mol. The van der Waals surface area contributed by atoms with E-state index in [1.165, 1.54) is 0 Å². The molecule has 0 atom stereocenters. The SMILES string of the molecule is Cc1ccc(Cl)cc1-c1nc(C(=O)O)no1. The number of carbonyl (C=O) groups is 1. The van der Waals surface area contributed by atoms with E-state index in [2.05, 4.69) is 10.1 Å². The Balaban J connectivity index is 2.50. The summed E-state index contributed by atoms with van der Waals surface area (Å²) in [7, 11) is 0. The molecule has 0 aliphatic rings. The van der Waals surface area contributed by atoms with Crippen LogP contribution in [0.25, 0.3) is 11.5 Å². The molecule has 82 valence electrons. The van der Waals surface area contributed by atoms with Crippen molar-refractivity contribution < 1.29 is 14.4 Å². The third kappa shape index (κ3) is 1.90. The largest absolute Gasteiger partial charge is 0.475 e. The minimum atomic E-state index is -1.23. The van der Waals surface area contributed by atoms with Crippen LogP contribution in [0.3, 0.4) is 0 Å². The number of aromatic nitrogens is 2. The number of hydrogen-bond donors (Lipinski definition) is 1. The normalized spacial score (nSPS) is 10.4. The van der Waals surface area contributed by atoms with E-state index in [4.69, 9.17) is 21.2 Å². The monoisotopic (exact) mass is 238 g/mol. The molecule has 2 aromatic rings. The van der Waals surface area contributed by atoms with Crippen molar-refractivity contribution in [3.63, 3.8) is 0 Å². The molecule has 0 saturated carbocycles. The lowest BCUT2D eigenvalue weighted by molar-refractivity contribution is 0.0680. The Morgan fingerprint density at radius 1 is 1.50 bits per heavy atom. The highest BCUT2D eigenvalue weighted by Crippen LogP contribution is 2.24. The maximum absolute atomic E-state index is 10.6. The number of carboxylic acids is 1. The van der Waals surface area contributed by atoms with Gasteiger partial charge in [-0.1, -0.05) is 17.7 Å². The van der Waals surface area contributed by atoms with Crippen LogP contribution in [0.15, 0.2) is 22.7 Å². The van der Waals surface area contributed by atoms with Gasteiger partial charge in [0, 0.05) is 10.6 Å². The Morgan fingerprint density at radius 3 is 2.88 bits per heavy atom. The lowest BCUT2D eigenvalue weighted by atomic mass is 10.1. The van der Waals surface area contributed by atoms with Gasteiger partial charge >= 0.3 is 5.97 Å². The van der Waals surface area contributed by atoms with E-state index in [0.717, 1.165) is 5.56 Å². The molecule has 1 aromatic carbocycles. The third-order valence-electron chi connectivity index (χ3n) is 2.05. The lowest BCUT2D eigenvalue weighted by Crippen LogP contribution is -1.98. The van der Waals surface area contributed by atoms with Gasteiger partial charge in [-0.3, -0.25) is 0 Å². The third-order valence-corrected chi connectivity index (χ3v) is 2.28. The highest BCUT2D eigenvalue weighted by molar-refractivity contribution is 6.30. The van der Waals surface area contributed by atoms with Crippen LogP contribution in [0.2, 0.25) is 5.02 Å². The predicted octanol–water partition coefficient (Wildman–Crippen LogP) is 2.40. The van der Waals surface area contributed by atoms with Crippen LogP contribution >= 0.6 is 11.6 Å². The van der Waals surface area contributed by atoms with Gasteiger partial charge in [0.2, 0.25) is 0 Å². The smallest absolute Gasteiger partial charge is 0.377 e. The summed E-state index contributed by atoms with van der Waals surface area (Å²) in [6.45, 7) is 1.84. The van der Waals surface area contributed by atoms with Crippen LogP contribution in [0, 0.1) is 6.92 Å². The first-order chi connectivity index (χ1) is 7.58. The van der Waals surface area contributed by atoms with E-state index in [1.807, 2.05) is 6.92 Å². The zero-order valence-electron chi connectivity index (χ0n) is 8.27. The van der Waals surface area contributed by atoms with Crippen LogP contribution in [-0.2, 0) is 0 Å². The number of halogens is 1. The Hall–Kier alpha value is -1.88. The van der Waals surface area contributed by atoms with E-state index in [0.29, 0.717) is 10.6 Å². The average Bonchev–Trinajstić information content (AvgIpc) is 2.70. The second-order valence-corrected chi connectivity index (χ2v) is 3.62. The molecule has 6 heteroatoms. The Kier molecular flexibility index (Phi) is 2.62. The molecule has 1 heterocycles. The van der Waals surface area contributed by atoms with Crippen LogP contribution in [0.5, 0.6) is 0 Å². The Bertz CT molecular complexity index is 551. The van der Waals surface area contributed by atoms with Gasteiger partial charge in [0.25, 0.3) is 11.7 Å². The fraction of sp³-hybridized carbons (Fsp3) is 0.100. The molecule has 0 aliphatic carbocycles. The van der Waals surface area contributed by atoms with Crippen molar-refractivity contribution in [1.82, 2.24) is 10.1 Å². The topological polar surface area (TPSA) is 76.2 Å². The fourth-order valence-corrected chi connectivity index (χ4v) is 1.42. The number of aromatic carboxylic acids is 1. The van der Waals surface area contributed by atoms with E-state index in [-0.39, 0.29) is 11.7 Å². The van der Waals surface area contributed by atoms with Crippen molar-refractivity contribution in [2.75, 3.05) is 0 Å². The molecule has 1 N–H and O–H groups in total. The first-order valence-electron chi connectivity index (χ1n) is 4.41. The van der Waals surface area contributed by atoms with Gasteiger partial charge in [0.1, 0.15) is 0 Å². The van der Waals surface area contributed by atoms with Gasteiger partial charge in [-0.2, -0.15) is 4.98 Å². The summed E-state index contributed by atoms with van der Waals surface area (Å²) in [6, 6.07) is 5.17. The summed E-state index contributed by atoms with van der Waals surface area (Å²) in [4.78, 5) is 14.3. The summed E-state index contributed by atoms with van der Waals surface area (Å²) >= 11 is 5.83. The highest BCUT2D eigenvalue weighted by atomic mass is 35.5. The molecule has 0 bridgehead atoms. The maximum atomic E-state index is 10.6. The number of carboxylic acid groups (broad SMARTS) is 1. The predicted molar refractivity (Wildman–Crippen MR) is 56.4 cm³/mol. The molecule has 0 saturated heterocycles. The number of rotatable bonds is 2. The zero-order valence-corrected chi connectivity index (χ0v) is 9.02. The number of hydrogen-bond acceptors (Lipinski definition) is 4. The lowest BCUT2D eigenvalue weighted by Gasteiger charge is -1.99. The summed E-state index contributed by atoms with van der Waals surface area (Å²) in [5.41, 5.74) is 1.51. The molecular formula is C10H7ClN2O3. The summed E-state index contributed by atoms with van der Waals surface area (Å²) < 4.78 is 4.85. The average molecular weight is 239 g/mol. The standard InChI is InChI=1S/C10H7ClN2O3/c1-5-2-3-6(11)4-7(5)9-12-8(10(14)15)13-16-9/h2-4H,1H3,(H,14,15). The molecule has 16 heavy (non-hydrogen) atoms. The molecule has 0 fully saturated rings. The van der Waals surface area contributed by atoms with E-state index in [1.54, 1.807) is 18.2 Å². The summed E-state index contributed by atoms with van der Waals surface area (Å²) in [5, 5.41) is 12.5. The fourth-order valence-electron chi connectivity index (χ4n) is 1.24. The van der Waals surface area contributed by atoms with E-state index < -0.39 is 5.97 Å². The maximum Gasteiger partial charge on any atom is 0.377 e. The van der Waals surface area contributed by atoms with E-state index in [9.17, 15) is 4.79 Å². The zero-order chi connectivity index (χ0) is 11.7. The van der Waals surface area contributed by atoms with Gasteiger partial charge in [-0.15, -0.1) is 0 Å².